The number of likely N-dealkylation sites (N-methyl/N-ethyl adjacent to an activating group) is 1. The van der Waals surface area contributed by atoms with Crippen LogP contribution in [0.4, 0.5) is 0 Å². The van der Waals surface area contributed by atoms with Gasteiger partial charge in [0.15, 0.2) is 0 Å². The molecule has 0 spiro atoms. The number of esters is 1. The van der Waals surface area contributed by atoms with Crippen molar-refractivity contribution >= 4 is 5.97 Å². The van der Waals surface area contributed by atoms with E-state index in [9.17, 15) is 4.79 Å². The third-order valence-corrected chi connectivity index (χ3v) is 4.09. The van der Waals surface area contributed by atoms with Gasteiger partial charge >= 0.3 is 5.97 Å². The maximum atomic E-state index is 12.2. The molecule has 0 saturated heterocycles. The number of hydrogen-bond donors (Lipinski definition) is 1. The van der Waals surface area contributed by atoms with E-state index in [2.05, 4.69) is 31.1 Å². The third kappa shape index (κ3) is 4.18. The van der Waals surface area contributed by atoms with Gasteiger partial charge in [-0.15, -0.1) is 0 Å². The van der Waals surface area contributed by atoms with Crippen LogP contribution in [0.3, 0.4) is 0 Å². The van der Waals surface area contributed by atoms with Crippen LogP contribution < -0.4 is 5.32 Å². The van der Waals surface area contributed by atoms with Gasteiger partial charge in [-0.2, -0.15) is 0 Å². The van der Waals surface area contributed by atoms with Crippen LogP contribution in [0.1, 0.15) is 46.5 Å². The summed E-state index contributed by atoms with van der Waals surface area (Å²) < 4.78 is 5.03. The van der Waals surface area contributed by atoms with Crippen molar-refractivity contribution in [3.8, 4) is 0 Å². The number of nitrogens with one attached hydrogen (secondary N) is 1. The smallest absolute Gasteiger partial charge is 0.326 e. The van der Waals surface area contributed by atoms with Crippen LogP contribution >= 0.6 is 0 Å². The molecule has 1 N–H and O–H groups in total. The molecule has 0 aromatic carbocycles. The first-order chi connectivity index (χ1) is 8.95. The van der Waals surface area contributed by atoms with Crippen molar-refractivity contribution in [2.45, 2.75) is 58.0 Å². The normalized spacial score (nSPS) is 27.8. The summed E-state index contributed by atoms with van der Waals surface area (Å²) in [5.74, 6) is 0.551. The lowest BCUT2D eigenvalue weighted by Gasteiger charge is -2.42. The van der Waals surface area contributed by atoms with Gasteiger partial charge in [0.2, 0.25) is 0 Å². The van der Waals surface area contributed by atoms with E-state index in [1.165, 1.54) is 13.5 Å². The highest BCUT2D eigenvalue weighted by molar-refractivity contribution is 5.81. The molecule has 0 amide bonds. The Hall–Kier alpha value is -0.610. The van der Waals surface area contributed by atoms with E-state index in [0.717, 1.165) is 32.4 Å². The van der Waals surface area contributed by atoms with Crippen LogP contribution in [-0.4, -0.2) is 49.7 Å². The summed E-state index contributed by atoms with van der Waals surface area (Å²) in [6.07, 6.45) is 4.00. The zero-order valence-corrected chi connectivity index (χ0v) is 13.2. The predicted molar refractivity (Wildman–Crippen MR) is 78.1 cm³/mol. The van der Waals surface area contributed by atoms with E-state index in [-0.39, 0.29) is 5.97 Å². The molecular formula is C15H30N2O2. The van der Waals surface area contributed by atoms with Crippen LogP contribution in [0, 0.1) is 5.92 Å². The van der Waals surface area contributed by atoms with Gasteiger partial charge in [0.05, 0.1) is 7.11 Å². The minimum absolute atomic E-state index is 0.100. The van der Waals surface area contributed by atoms with E-state index < -0.39 is 5.54 Å². The van der Waals surface area contributed by atoms with Gasteiger partial charge in [-0.25, -0.2) is 0 Å². The minimum Gasteiger partial charge on any atom is -0.468 e. The van der Waals surface area contributed by atoms with Crippen LogP contribution in [0.2, 0.25) is 0 Å². The Morgan fingerprint density at radius 1 is 1.53 bits per heavy atom. The maximum Gasteiger partial charge on any atom is 0.326 e. The molecule has 1 saturated carbocycles. The van der Waals surface area contributed by atoms with Gasteiger partial charge in [0.1, 0.15) is 5.54 Å². The van der Waals surface area contributed by atoms with Gasteiger partial charge in [0.25, 0.3) is 0 Å². The fourth-order valence-corrected chi connectivity index (χ4v) is 3.30. The Bertz CT molecular complexity index is 290. The first-order valence-corrected chi connectivity index (χ1v) is 7.49. The van der Waals surface area contributed by atoms with E-state index in [4.69, 9.17) is 4.74 Å². The molecular weight excluding hydrogens is 240 g/mol. The second-order valence-electron chi connectivity index (χ2n) is 6.19. The van der Waals surface area contributed by atoms with E-state index >= 15 is 0 Å². The Balaban J connectivity index is 2.76. The van der Waals surface area contributed by atoms with Crippen molar-refractivity contribution < 1.29 is 9.53 Å². The number of carbonyl (C=O) groups excluding carboxylic acids is 1. The van der Waals surface area contributed by atoms with Gasteiger partial charge in [-0.1, -0.05) is 20.8 Å². The highest BCUT2D eigenvalue weighted by Crippen LogP contribution is 2.32. The van der Waals surface area contributed by atoms with Crippen molar-refractivity contribution in [3.05, 3.63) is 0 Å². The quantitative estimate of drug-likeness (QED) is 0.750. The topological polar surface area (TPSA) is 41.6 Å². The fourth-order valence-electron chi connectivity index (χ4n) is 3.30. The molecule has 0 aliphatic heterocycles. The molecule has 2 atom stereocenters. The first-order valence-electron chi connectivity index (χ1n) is 7.49. The molecule has 1 aliphatic rings. The molecule has 1 aliphatic carbocycles. The average Bonchev–Trinajstić information content (AvgIpc) is 2.37. The molecule has 4 heteroatoms. The number of methoxy groups -OCH3 is 1. The molecule has 2 unspecified atom stereocenters. The summed E-state index contributed by atoms with van der Waals surface area (Å²) in [6.45, 7) is 8.39. The number of hydrogen-bond acceptors (Lipinski definition) is 4. The van der Waals surface area contributed by atoms with Gasteiger partial charge in [-0.05, 0) is 45.2 Å². The summed E-state index contributed by atoms with van der Waals surface area (Å²) >= 11 is 0. The minimum atomic E-state index is -0.475. The fraction of sp³-hybridized carbons (Fsp3) is 0.933. The Morgan fingerprint density at radius 2 is 2.21 bits per heavy atom. The monoisotopic (exact) mass is 270 g/mol. The van der Waals surface area contributed by atoms with E-state index in [1.807, 2.05) is 6.92 Å². The largest absolute Gasteiger partial charge is 0.468 e. The Morgan fingerprint density at radius 3 is 2.74 bits per heavy atom. The molecule has 0 bridgehead atoms. The predicted octanol–water partition coefficient (Wildman–Crippen LogP) is 2.04. The number of carbonyl (C=O) groups is 1. The Labute approximate surface area is 117 Å². The van der Waals surface area contributed by atoms with Gasteiger partial charge < -0.3 is 15.0 Å². The summed E-state index contributed by atoms with van der Waals surface area (Å²) in [6, 6.07) is 0.467. The van der Waals surface area contributed by atoms with Crippen molar-refractivity contribution in [1.29, 1.82) is 0 Å². The summed E-state index contributed by atoms with van der Waals surface area (Å²) in [4.78, 5) is 14.6. The van der Waals surface area contributed by atoms with Crippen LogP contribution in [0.5, 0.6) is 0 Å². The first kappa shape index (κ1) is 16.4. The second kappa shape index (κ2) is 7.25. The van der Waals surface area contributed by atoms with Gasteiger partial charge in [-0.3, -0.25) is 4.79 Å². The highest BCUT2D eigenvalue weighted by Gasteiger charge is 2.44. The standard InChI is InChI=1S/C15H30N2O2/c1-6-16-15(14(18)19-5)9-7-8-13(10-15)17(4)11-12(2)3/h12-13,16H,6-11H2,1-5H3. The molecule has 1 fully saturated rings. The van der Waals surface area contributed by atoms with Crippen LogP contribution in [-0.2, 0) is 9.53 Å². The Kier molecular flexibility index (Phi) is 6.27. The molecule has 19 heavy (non-hydrogen) atoms. The highest BCUT2D eigenvalue weighted by atomic mass is 16.5. The average molecular weight is 270 g/mol. The van der Waals surface area contributed by atoms with Crippen LogP contribution in [0.25, 0.3) is 0 Å². The maximum absolute atomic E-state index is 12.2. The molecule has 0 heterocycles. The summed E-state index contributed by atoms with van der Waals surface area (Å²) in [5, 5.41) is 3.39. The van der Waals surface area contributed by atoms with Crippen LogP contribution in [0.15, 0.2) is 0 Å². The molecule has 4 nitrogen and oxygen atoms in total. The SMILES string of the molecule is CCNC1(C(=O)OC)CCCC(N(C)CC(C)C)C1. The zero-order chi connectivity index (χ0) is 14.5. The van der Waals surface area contributed by atoms with Crippen molar-refractivity contribution in [2.24, 2.45) is 5.92 Å². The summed E-state index contributed by atoms with van der Waals surface area (Å²) in [5.41, 5.74) is -0.475. The zero-order valence-electron chi connectivity index (χ0n) is 13.2. The molecule has 0 aromatic heterocycles. The lowest BCUT2D eigenvalue weighted by molar-refractivity contribution is -0.151. The molecule has 112 valence electrons. The number of nitrogens with zero attached hydrogens (tertiary/aromatic N) is 1. The summed E-state index contributed by atoms with van der Waals surface area (Å²) in [7, 11) is 3.66. The lowest BCUT2D eigenvalue weighted by Crippen LogP contribution is -2.58. The van der Waals surface area contributed by atoms with Gasteiger partial charge in [0, 0.05) is 12.6 Å². The number of rotatable bonds is 6. The third-order valence-electron chi connectivity index (χ3n) is 4.09. The lowest BCUT2D eigenvalue weighted by atomic mass is 9.78. The van der Waals surface area contributed by atoms with Crippen molar-refractivity contribution in [3.63, 3.8) is 0 Å². The van der Waals surface area contributed by atoms with Crippen molar-refractivity contribution in [2.75, 3.05) is 27.2 Å². The van der Waals surface area contributed by atoms with Crippen molar-refractivity contribution in [1.82, 2.24) is 10.2 Å². The van der Waals surface area contributed by atoms with E-state index in [1.54, 1.807) is 0 Å². The van der Waals surface area contributed by atoms with E-state index in [0.29, 0.717) is 12.0 Å². The number of ether oxygens (including phenoxy) is 1. The molecule has 1 rings (SSSR count). The second-order valence-corrected chi connectivity index (χ2v) is 6.19. The molecule has 0 radical (unpaired) electrons. The molecule has 0 aromatic rings.